The predicted octanol–water partition coefficient (Wildman–Crippen LogP) is 2.02. The molecule has 1 heterocycles. The minimum Gasteiger partial charge on any atom is -0.440 e. The van der Waals surface area contributed by atoms with Crippen molar-refractivity contribution in [3.05, 3.63) is 29.3 Å². The van der Waals surface area contributed by atoms with E-state index < -0.39 is 30.7 Å². The Labute approximate surface area is 116 Å². The molecule has 1 aliphatic heterocycles. The highest BCUT2D eigenvalue weighted by Crippen LogP contribution is 2.25. The van der Waals surface area contributed by atoms with Crippen LogP contribution in [0.1, 0.15) is 20.7 Å². The van der Waals surface area contributed by atoms with Crippen molar-refractivity contribution < 1.29 is 32.3 Å². The van der Waals surface area contributed by atoms with Gasteiger partial charge in [-0.05, 0) is 18.2 Å². The molecule has 0 aliphatic carbocycles. The van der Waals surface area contributed by atoms with Crippen molar-refractivity contribution >= 4 is 23.6 Å². The van der Waals surface area contributed by atoms with Crippen molar-refractivity contribution in [2.75, 3.05) is 19.0 Å². The quantitative estimate of drug-likeness (QED) is 0.848. The zero-order valence-electron chi connectivity index (χ0n) is 10.7. The van der Waals surface area contributed by atoms with E-state index >= 15 is 0 Å². The third-order valence-electron chi connectivity index (χ3n) is 2.70. The van der Waals surface area contributed by atoms with Gasteiger partial charge in [-0.2, -0.15) is 13.2 Å². The first-order valence-corrected chi connectivity index (χ1v) is 5.66. The summed E-state index contributed by atoms with van der Waals surface area (Å²) in [6.45, 7) is -1.72. The van der Waals surface area contributed by atoms with Gasteiger partial charge < -0.3 is 4.74 Å². The van der Waals surface area contributed by atoms with Gasteiger partial charge in [-0.1, -0.05) is 0 Å². The van der Waals surface area contributed by atoms with Crippen LogP contribution >= 0.6 is 0 Å². The number of halogens is 3. The van der Waals surface area contributed by atoms with Crippen molar-refractivity contribution in [2.24, 2.45) is 0 Å². The topological polar surface area (TPSA) is 75.7 Å². The van der Waals surface area contributed by atoms with Crippen LogP contribution in [0.4, 0.5) is 23.7 Å². The van der Waals surface area contributed by atoms with Crippen molar-refractivity contribution in [3.63, 3.8) is 0 Å². The van der Waals surface area contributed by atoms with E-state index in [0.29, 0.717) is 0 Å². The first-order chi connectivity index (χ1) is 9.69. The summed E-state index contributed by atoms with van der Waals surface area (Å²) in [4.78, 5) is 35.4. The van der Waals surface area contributed by atoms with Crippen LogP contribution < -0.4 is 5.32 Å². The summed E-state index contributed by atoms with van der Waals surface area (Å²) in [5.74, 6) is -1.04. The molecule has 1 N–H and O–H groups in total. The van der Waals surface area contributed by atoms with Gasteiger partial charge in [-0.3, -0.25) is 19.8 Å². The van der Waals surface area contributed by atoms with Crippen LogP contribution in [0.3, 0.4) is 0 Å². The van der Waals surface area contributed by atoms with Gasteiger partial charge in [0.05, 0.1) is 11.1 Å². The van der Waals surface area contributed by atoms with Gasteiger partial charge >= 0.3 is 12.3 Å². The van der Waals surface area contributed by atoms with Crippen molar-refractivity contribution in [2.45, 2.75) is 6.18 Å². The highest BCUT2D eigenvalue weighted by molar-refractivity contribution is 6.21. The van der Waals surface area contributed by atoms with E-state index in [4.69, 9.17) is 0 Å². The Hall–Kier alpha value is -2.58. The molecule has 21 heavy (non-hydrogen) atoms. The standard InChI is InChI=1S/C12H9F3N2O4/c1-17-9(18)7-3-2-6(4-8(7)10(17)19)16-11(20)21-5-12(13,14)15/h2-4H,5H2,1H3,(H,16,20). The average molecular weight is 302 g/mol. The molecule has 0 fully saturated rings. The molecule has 0 radical (unpaired) electrons. The Balaban J connectivity index is 2.09. The highest BCUT2D eigenvalue weighted by atomic mass is 19.4. The maximum atomic E-state index is 11.9. The number of hydrogen-bond donors (Lipinski definition) is 1. The number of nitrogens with one attached hydrogen (secondary N) is 1. The Morgan fingerprint density at radius 3 is 2.48 bits per heavy atom. The molecule has 0 saturated carbocycles. The lowest BCUT2D eigenvalue weighted by molar-refractivity contribution is -0.159. The summed E-state index contributed by atoms with van der Waals surface area (Å²) in [7, 11) is 1.30. The second-order valence-electron chi connectivity index (χ2n) is 4.25. The maximum absolute atomic E-state index is 11.9. The summed E-state index contributed by atoms with van der Waals surface area (Å²) in [5.41, 5.74) is 0.283. The van der Waals surface area contributed by atoms with E-state index in [1.807, 2.05) is 0 Å². The normalized spacial score (nSPS) is 14.2. The van der Waals surface area contributed by atoms with Crippen LogP contribution in [-0.2, 0) is 4.74 Å². The van der Waals surface area contributed by atoms with Gasteiger partial charge in [-0.15, -0.1) is 0 Å². The van der Waals surface area contributed by atoms with E-state index in [0.717, 1.165) is 4.90 Å². The van der Waals surface area contributed by atoms with E-state index in [-0.39, 0.29) is 16.8 Å². The molecule has 3 amide bonds. The summed E-state index contributed by atoms with van der Waals surface area (Å²) in [6.07, 6.45) is -5.93. The van der Waals surface area contributed by atoms with Gasteiger partial charge in [0.2, 0.25) is 0 Å². The van der Waals surface area contributed by atoms with Gasteiger partial charge in [0.15, 0.2) is 6.61 Å². The van der Waals surface area contributed by atoms with E-state index in [9.17, 15) is 27.6 Å². The molecule has 0 saturated heterocycles. The molecule has 1 aliphatic rings. The van der Waals surface area contributed by atoms with Crippen LogP contribution in [0.5, 0.6) is 0 Å². The number of hydrogen-bond acceptors (Lipinski definition) is 4. The molecule has 1 aromatic rings. The number of fused-ring (bicyclic) bond motifs is 1. The first kappa shape index (κ1) is 14.8. The molecule has 1 aromatic carbocycles. The molecule has 0 bridgehead atoms. The molecule has 112 valence electrons. The number of carbonyl (C=O) groups is 3. The van der Waals surface area contributed by atoms with Crippen LogP contribution in [0.2, 0.25) is 0 Å². The Bertz CT molecular complexity index is 627. The maximum Gasteiger partial charge on any atom is 0.422 e. The van der Waals surface area contributed by atoms with Gasteiger partial charge in [0.25, 0.3) is 11.8 Å². The number of carbonyl (C=O) groups excluding carboxylic acids is 3. The Morgan fingerprint density at radius 1 is 1.24 bits per heavy atom. The second kappa shape index (κ2) is 5.08. The van der Waals surface area contributed by atoms with E-state index in [2.05, 4.69) is 10.1 Å². The summed E-state index contributed by atoms with van der Waals surface area (Å²) in [6, 6.07) is 3.80. The first-order valence-electron chi connectivity index (χ1n) is 5.66. The molecule has 2 rings (SSSR count). The minimum atomic E-state index is -4.62. The third-order valence-corrected chi connectivity index (χ3v) is 2.70. The number of anilines is 1. The third kappa shape index (κ3) is 3.12. The number of amides is 3. The largest absolute Gasteiger partial charge is 0.440 e. The summed E-state index contributed by atoms with van der Waals surface area (Å²) >= 11 is 0. The fourth-order valence-electron chi connectivity index (χ4n) is 1.74. The average Bonchev–Trinajstić information content (AvgIpc) is 2.61. The van der Waals surface area contributed by atoms with Crippen LogP contribution in [0.15, 0.2) is 18.2 Å². The lowest BCUT2D eigenvalue weighted by atomic mass is 10.1. The van der Waals surface area contributed by atoms with Crippen molar-refractivity contribution in [1.82, 2.24) is 4.90 Å². The van der Waals surface area contributed by atoms with Crippen LogP contribution in [0.25, 0.3) is 0 Å². The minimum absolute atomic E-state index is 0.0531. The molecular formula is C12H9F3N2O4. The smallest absolute Gasteiger partial charge is 0.422 e. The van der Waals surface area contributed by atoms with E-state index in [1.54, 1.807) is 0 Å². The molecule has 9 heteroatoms. The molecule has 6 nitrogen and oxygen atoms in total. The number of nitrogens with zero attached hydrogens (tertiary/aromatic N) is 1. The number of alkyl halides is 3. The van der Waals surface area contributed by atoms with E-state index in [1.165, 1.54) is 25.2 Å². The Morgan fingerprint density at radius 2 is 1.86 bits per heavy atom. The van der Waals surface area contributed by atoms with Gasteiger partial charge in [0.1, 0.15) is 0 Å². The molecule has 0 atom stereocenters. The van der Waals surface area contributed by atoms with Crippen molar-refractivity contribution in [3.8, 4) is 0 Å². The number of benzene rings is 1. The number of ether oxygens (including phenoxy) is 1. The second-order valence-corrected chi connectivity index (χ2v) is 4.25. The number of imide groups is 1. The lowest BCUT2D eigenvalue weighted by Crippen LogP contribution is -2.24. The zero-order chi connectivity index (χ0) is 15.8. The highest BCUT2D eigenvalue weighted by Gasteiger charge is 2.33. The lowest BCUT2D eigenvalue weighted by Gasteiger charge is -2.09. The summed E-state index contributed by atoms with van der Waals surface area (Å²) in [5, 5.41) is 2.05. The fourth-order valence-corrected chi connectivity index (χ4v) is 1.74. The zero-order valence-corrected chi connectivity index (χ0v) is 10.7. The van der Waals surface area contributed by atoms with Gasteiger partial charge in [0, 0.05) is 12.7 Å². The summed E-state index contributed by atoms with van der Waals surface area (Å²) < 4.78 is 39.6. The number of rotatable bonds is 2. The monoisotopic (exact) mass is 302 g/mol. The van der Waals surface area contributed by atoms with Crippen LogP contribution in [0, 0.1) is 0 Å². The van der Waals surface area contributed by atoms with Crippen LogP contribution in [-0.4, -0.2) is 42.6 Å². The Kier molecular flexibility index (Phi) is 3.58. The van der Waals surface area contributed by atoms with Gasteiger partial charge in [-0.25, -0.2) is 4.79 Å². The van der Waals surface area contributed by atoms with Crippen molar-refractivity contribution in [1.29, 1.82) is 0 Å². The predicted molar refractivity (Wildman–Crippen MR) is 63.9 cm³/mol. The molecule has 0 unspecified atom stereocenters. The SMILES string of the molecule is CN1C(=O)c2ccc(NC(=O)OCC(F)(F)F)cc2C1=O. The molecule has 0 aromatic heterocycles. The molecular weight excluding hydrogens is 293 g/mol. The molecule has 0 spiro atoms. The fraction of sp³-hybridized carbons (Fsp3) is 0.250.